The van der Waals surface area contributed by atoms with Crippen molar-refractivity contribution in [2.75, 3.05) is 13.2 Å². The van der Waals surface area contributed by atoms with E-state index in [2.05, 4.69) is 60.3 Å². The molecule has 6 rings (SSSR count). The molecule has 0 saturated carbocycles. The number of aromatic nitrogens is 5. The number of nitrogens with zero attached hydrogens (tertiary/aromatic N) is 5. The van der Waals surface area contributed by atoms with Crippen molar-refractivity contribution in [3.05, 3.63) is 83.9 Å². The first-order valence-electron chi connectivity index (χ1n) is 14.1. The molecule has 2 aromatic carbocycles. The van der Waals surface area contributed by atoms with Crippen LogP contribution in [0.3, 0.4) is 0 Å². The van der Waals surface area contributed by atoms with Crippen LogP contribution in [0.15, 0.2) is 67.1 Å². The van der Waals surface area contributed by atoms with Crippen LogP contribution in [-0.2, 0) is 24.6 Å². The van der Waals surface area contributed by atoms with E-state index in [1.54, 1.807) is 11.0 Å². The lowest BCUT2D eigenvalue weighted by Gasteiger charge is -2.15. The Morgan fingerprint density at radius 3 is 2.56 bits per heavy atom. The van der Waals surface area contributed by atoms with Crippen molar-refractivity contribution < 1.29 is 14.3 Å². The zero-order chi connectivity index (χ0) is 28.3. The molecule has 4 heterocycles. The highest BCUT2D eigenvalue weighted by Crippen LogP contribution is 2.38. The number of nitrogens with one attached hydrogen (secondary N) is 1. The summed E-state index contributed by atoms with van der Waals surface area (Å²) in [6.07, 6.45) is 4.44. The molecule has 9 nitrogen and oxygen atoms in total. The average Bonchev–Trinajstić information content (AvgIpc) is 3.59. The summed E-state index contributed by atoms with van der Waals surface area (Å²) in [5.74, 6) is 1.10. The first kappa shape index (κ1) is 26.7. The molecule has 210 valence electrons. The predicted molar refractivity (Wildman–Crippen MR) is 158 cm³/mol. The molecule has 1 N–H and O–H groups in total. The number of carbonyl (C=O) groups excluding carboxylic acids is 1. The van der Waals surface area contributed by atoms with Gasteiger partial charge in [-0.1, -0.05) is 57.2 Å². The van der Waals surface area contributed by atoms with Crippen LogP contribution in [0.1, 0.15) is 54.7 Å². The van der Waals surface area contributed by atoms with Crippen LogP contribution in [0.5, 0.6) is 5.75 Å². The summed E-state index contributed by atoms with van der Waals surface area (Å²) in [5, 5.41) is 8.71. The smallest absolute Gasteiger partial charge is 0.270 e. The van der Waals surface area contributed by atoms with Crippen molar-refractivity contribution in [3.8, 4) is 28.3 Å². The van der Waals surface area contributed by atoms with Gasteiger partial charge in [-0.2, -0.15) is 5.10 Å². The van der Waals surface area contributed by atoms with Gasteiger partial charge < -0.3 is 19.4 Å². The van der Waals surface area contributed by atoms with Gasteiger partial charge >= 0.3 is 0 Å². The molecule has 0 saturated heterocycles. The highest BCUT2D eigenvalue weighted by atomic mass is 16.5. The molecular weight excluding hydrogens is 516 g/mol. The maximum atomic E-state index is 13.1. The average molecular weight is 551 g/mol. The maximum Gasteiger partial charge on any atom is 0.270 e. The van der Waals surface area contributed by atoms with Crippen molar-refractivity contribution in [2.45, 2.75) is 53.0 Å². The quantitative estimate of drug-likeness (QED) is 0.221. The lowest BCUT2D eigenvalue weighted by atomic mass is 9.99. The third kappa shape index (κ3) is 5.32. The van der Waals surface area contributed by atoms with Gasteiger partial charge in [0.25, 0.3) is 5.91 Å². The van der Waals surface area contributed by atoms with E-state index in [1.165, 1.54) is 5.56 Å². The first-order valence-corrected chi connectivity index (χ1v) is 14.1. The van der Waals surface area contributed by atoms with E-state index in [0.29, 0.717) is 56.0 Å². The second kappa shape index (κ2) is 11.5. The van der Waals surface area contributed by atoms with E-state index in [4.69, 9.17) is 14.6 Å². The molecule has 41 heavy (non-hydrogen) atoms. The Balaban J connectivity index is 1.33. The number of hydrogen-bond acceptors (Lipinski definition) is 6. The number of rotatable bonds is 10. The Kier molecular flexibility index (Phi) is 7.52. The van der Waals surface area contributed by atoms with E-state index in [0.717, 1.165) is 39.9 Å². The van der Waals surface area contributed by atoms with Crippen LogP contribution in [0, 0.1) is 0 Å². The molecule has 3 aromatic heterocycles. The number of benzene rings is 2. The number of fused-ring (bicyclic) bond motifs is 2. The Morgan fingerprint density at radius 2 is 1.80 bits per heavy atom. The van der Waals surface area contributed by atoms with Crippen molar-refractivity contribution in [3.63, 3.8) is 0 Å². The molecule has 1 aliphatic rings. The normalized spacial score (nSPS) is 13.0. The van der Waals surface area contributed by atoms with Crippen LogP contribution in [0.2, 0.25) is 0 Å². The number of ether oxygens (including phenoxy) is 2. The molecule has 1 aliphatic heterocycles. The third-order valence-corrected chi connectivity index (χ3v) is 7.33. The fourth-order valence-electron chi connectivity index (χ4n) is 5.14. The van der Waals surface area contributed by atoms with E-state index in [1.807, 2.05) is 41.1 Å². The summed E-state index contributed by atoms with van der Waals surface area (Å²) < 4.78 is 15.6. The molecule has 0 unspecified atom stereocenters. The minimum atomic E-state index is -0.147. The molecular formula is C32H34N6O3. The van der Waals surface area contributed by atoms with Crippen LogP contribution < -0.4 is 10.1 Å². The van der Waals surface area contributed by atoms with E-state index in [9.17, 15) is 4.79 Å². The summed E-state index contributed by atoms with van der Waals surface area (Å²) >= 11 is 0. The molecule has 0 radical (unpaired) electrons. The Bertz CT molecular complexity index is 1670. The minimum absolute atomic E-state index is 0.147. The zero-order valence-corrected chi connectivity index (χ0v) is 23.6. The van der Waals surface area contributed by atoms with Crippen molar-refractivity contribution in [2.24, 2.45) is 0 Å². The number of carbonyl (C=O) groups is 1. The van der Waals surface area contributed by atoms with Gasteiger partial charge in [-0.25, -0.2) is 9.97 Å². The van der Waals surface area contributed by atoms with Crippen molar-refractivity contribution >= 4 is 16.9 Å². The second-order valence-corrected chi connectivity index (χ2v) is 10.5. The summed E-state index contributed by atoms with van der Waals surface area (Å²) in [7, 11) is 0. The van der Waals surface area contributed by atoms with Gasteiger partial charge in [-0.3, -0.25) is 9.48 Å². The fourth-order valence-corrected chi connectivity index (χ4v) is 5.14. The molecule has 0 fully saturated rings. The molecule has 0 spiro atoms. The molecule has 5 aromatic rings. The summed E-state index contributed by atoms with van der Waals surface area (Å²) in [4.78, 5) is 22.2. The van der Waals surface area contributed by atoms with Gasteiger partial charge in [0.1, 0.15) is 48.1 Å². The Hall–Kier alpha value is -4.50. The van der Waals surface area contributed by atoms with E-state index in [-0.39, 0.29) is 5.91 Å². The highest BCUT2D eigenvalue weighted by molar-refractivity contribution is 6.05. The summed E-state index contributed by atoms with van der Waals surface area (Å²) in [6, 6.07) is 18.3. The molecule has 0 bridgehead atoms. The van der Waals surface area contributed by atoms with E-state index >= 15 is 0 Å². The van der Waals surface area contributed by atoms with Crippen molar-refractivity contribution in [1.29, 1.82) is 0 Å². The zero-order valence-electron chi connectivity index (χ0n) is 23.6. The maximum absolute atomic E-state index is 13.1. The van der Waals surface area contributed by atoms with Gasteiger partial charge in [-0.15, -0.1) is 0 Å². The van der Waals surface area contributed by atoms with Gasteiger partial charge in [0.2, 0.25) is 0 Å². The largest absolute Gasteiger partial charge is 0.489 e. The summed E-state index contributed by atoms with van der Waals surface area (Å²) in [6.45, 7) is 9.14. The van der Waals surface area contributed by atoms with Crippen molar-refractivity contribution in [1.82, 2.24) is 29.6 Å². The molecule has 0 aliphatic carbocycles. The lowest BCUT2D eigenvalue weighted by molar-refractivity contribution is 0.0800. The monoisotopic (exact) mass is 550 g/mol. The number of amides is 1. The standard InChI is InChI=1S/C32H34N6O3/c1-4-17-40-20-37-15-13-26-28(34-19-35-31(26)37)29-27(30-32(39)33-14-16-38(30)36-29)24-9-11-25(12-10-24)41-18-22-5-7-23(8-6-22)21(2)3/h5-13,15,19,21H,4,14,16-18,20H2,1-3H3,(H,33,39). The Labute approximate surface area is 239 Å². The molecule has 9 heteroatoms. The second-order valence-electron chi connectivity index (χ2n) is 10.5. The third-order valence-electron chi connectivity index (χ3n) is 7.33. The summed E-state index contributed by atoms with van der Waals surface area (Å²) in [5.41, 5.74) is 6.65. The predicted octanol–water partition coefficient (Wildman–Crippen LogP) is 5.79. The van der Waals surface area contributed by atoms with E-state index < -0.39 is 0 Å². The molecule has 0 atom stereocenters. The SMILES string of the molecule is CCCOCn1ccc2c(-c3nn4c(c3-c3ccc(OCc5ccc(C(C)C)cc5)cc3)C(=O)NCC4)ncnc21. The Morgan fingerprint density at radius 1 is 1.00 bits per heavy atom. The number of hydrogen-bond donors (Lipinski definition) is 1. The van der Waals surface area contributed by atoms with Gasteiger partial charge in [0, 0.05) is 30.3 Å². The fraction of sp³-hybridized carbons (Fsp3) is 0.312. The van der Waals surface area contributed by atoms with Gasteiger partial charge in [-0.05, 0) is 47.2 Å². The van der Waals surface area contributed by atoms with Crippen LogP contribution in [0.4, 0.5) is 0 Å². The topological polar surface area (TPSA) is 96.1 Å². The van der Waals surface area contributed by atoms with Crippen LogP contribution in [-0.4, -0.2) is 43.4 Å². The molecule has 1 amide bonds. The van der Waals surface area contributed by atoms with Crippen LogP contribution >= 0.6 is 0 Å². The van der Waals surface area contributed by atoms with Gasteiger partial charge in [0.05, 0.1) is 6.54 Å². The van der Waals surface area contributed by atoms with Gasteiger partial charge in [0.15, 0.2) is 0 Å². The first-order chi connectivity index (χ1) is 20.0. The highest BCUT2D eigenvalue weighted by Gasteiger charge is 2.29. The minimum Gasteiger partial charge on any atom is -0.489 e. The van der Waals surface area contributed by atoms with Crippen LogP contribution in [0.25, 0.3) is 33.5 Å². The lowest BCUT2D eigenvalue weighted by Crippen LogP contribution is -2.35.